The molecule has 0 bridgehead atoms. The van der Waals surface area contributed by atoms with E-state index in [1.54, 1.807) is 12.4 Å². The normalized spacial score (nSPS) is 12.9. The van der Waals surface area contributed by atoms with Gasteiger partial charge in [-0.05, 0) is 40.7 Å². The first-order valence-corrected chi connectivity index (χ1v) is 7.16. The highest BCUT2D eigenvalue weighted by molar-refractivity contribution is 5.82. The second-order valence-corrected chi connectivity index (χ2v) is 6.39. The minimum Gasteiger partial charge on any atom is -0.369 e. The van der Waals surface area contributed by atoms with Crippen molar-refractivity contribution in [2.24, 2.45) is 5.73 Å². The van der Waals surface area contributed by atoms with E-state index in [0.717, 1.165) is 11.1 Å². The fourth-order valence-electron chi connectivity index (χ4n) is 2.35. The third-order valence-electron chi connectivity index (χ3n) is 3.71. The average Bonchev–Trinajstić information content (AvgIpc) is 2.45. The van der Waals surface area contributed by atoms with Gasteiger partial charge in [-0.2, -0.15) is 0 Å². The first-order valence-electron chi connectivity index (χ1n) is 7.16. The maximum Gasteiger partial charge on any atom is 0.225 e. The van der Waals surface area contributed by atoms with Crippen molar-refractivity contribution in [3.8, 4) is 0 Å². The third kappa shape index (κ3) is 3.91. The summed E-state index contributed by atoms with van der Waals surface area (Å²) in [5.74, 6) is -0.616. The highest BCUT2D eigenvalue weighted by Crippen LogP contribution is 2.25. The fraction of sp³-hybridized carbons (Fsp3) is 0.333. The van der Waals surface area contributed by atoms with Crippen molar-refractivity contribution in [2.75, 3.05) is 0 Å². The summed E-state index contributed by atoms with van der Waals surface area (Å²) in [6, 6.07) is 12.1. The average molecular weight is 282 g/mol. The Kier molecular flexibility index (Phi) is 4.41. The Morgan fingerprint density at radius 1 is 1.10 bits per heavy atom. The summed E-state index contributed by atoms with van der Waals surface area (Å²) >= 11 is 0. The van der Waals surface area contributed by atoms with Gasteiger partial charge in [-0.1, -0.05) is 45.0 Å². The predicted molar refractivity (Wildman–Crippen MR) is 85.0 cm³/mol. The van der Waals surface area contributed by atoms with E-state index >= 15 is 0 Å². The lowest BCUT2D eigenvalue weighted by atomic mass is 9.85. The summed E-state index contributed by atoms with van der Waals surface area (Å²) in [6.45, 7) is 6.56. The van der Waals surface area contributed by atoms with Gasteiger partial charge in [0.25, 0.3) is 0 Å². The number of primary amides is 1. The van der Waals surface area contributed by atoms with Crippen molar-refractivity contribution in [1.29, 1.82) is 0 Å². The van der Waals surface area contributed by atoms with Crippen LogP contribution in [0.3, 0.4) is 0 Å². The van der Waals surface area contributed by atoms with E-state index in [-0.39, 0.29) is 17.2 Å². The second kappa shape index (κ2) is 6.08. The molecule has 2 aromatic rings. The van der Waals surface area contributed by atoms with E-state index in [2.05, 4.69) is 50.0 Å². The van der Waals surface area contributed by atoms with Crippen LogP contribution in [0.25, 0.3) is 0 Å². The molecule has 0 saturated carbocycles. The summed E-state index contributed by atoms with van der Waals surface area (Å²) in [6.07, 6.45) is 3.99. The Morgan fingerprint density at radius 3 is 2.14 bits per heavy atom. The highest BCUT2D eigenvalue weighted by atomic mass is 16.1. The number of hydrogen-bond acceptors (Lipinski definition) is 2. The maximum absolute atomic E-state index is 11.7. The Hall–Kier alpha value is -2.16. The van der Waals surface area contributed by atoms with Gasteiger partial charge in [0, 0.05) is 12.4 Å². The Morgan fingerprint density at radius 2 is 1.67 bits per heavy atom. The van der Waals surface area contributed by atoms with E-state index in [0.29, 0.717) is 6.42 Å². The Balaban J connectivity index is 2.20. The van der Waals surface area contributed by atoms with Crippen LogP contribution in [0.4, 0.5) is 0 Å². The van der Waals surface area contributed by atoms with Gasteiger partial charge in [-0.25, -0.2) is 0 Å². The SMILES string of the molecule is CC(C)(C)c1ccc(CC(C(N)=O)c2ccncc2)cc1. The zero-order chi connectivity index (χ0) is 15.5. The van der Waals surface area contributed by atoms with Crippen molar-refractivity contribution in [1.82, 2.24) is 4.98 Å². The molecule has 1 aromatic heterocycles. The number of hydrogen-bond donors (Lipinski definition) is 1. The molecule has 21 heavy (non-hydrogen) atoms. The van der Waals surface area contributed by atoms with E-state index < -0.39 is 0 Å². The first-order chi connectivity index (χ1) is 9.88. The van der Waals surface area contributed by atoms with E-state index in [4.69, 9.17) is 5.73 Å². The van der Waals surface area contributed by atoms with Crippen molar-refractivity contribution >= 4 is 5.91 Å². The molecule has 2 rings (SSSR count). The van der Waals surface area contributed by atoms with Crippen LogP contribution >= 0.6 is 0 Å². The third-order valence-corrected chi connectivity index (χ3v) is 3.71. The molecule has 1 aromatic carbocycles. The van der Waals surface area contributed by atoms with Gasteiger partial charge >= 0.3 is 0 Å². The largest absolute Gasteiger partial charge is 0.369 e. The molecule has 0 radical (unpaired) electrons. The summed E-state index contributed by atoms with van der Waals surface area (Å²) in [7, 11) is 0. The monoisotopic (exact) mass is 282 g/mol. The molecule has 2 N–H and O–H groups in total. The molecular formula is C18H22N2O. The van der Waals surface area contributed by atoms with Gasteiger partial charge in [-0.3, -0.25) is 9.78 Å². The lowest BCUT2D eigenvalue weighted by Gasteiger charge is -2.20. The van der Waals surface area contributed by atoms with Crippen LogP contribution in [0.15, 0.2) is 48.8 Å². The lowest BCUT2D eigenvalue weighted by Crippen LogP contribution is -2.23. The fourth-order valence-corrected chi connectivity index (χ4v) is 2.35. The van der Waals surface area contributed by atoms with Crippen LogP contribution < -0.4 is 5.73 Å². The van der Waals surface area contributed by atoms with Gasteiger partial charge in [0.1, 0.15) is 0 Å². The van der Waals surface area contributed by atoms with Gasteiger partial charge in [0.15, 0.2) is 0 Å². The smallest absolute Gasteiger partial charge is 0.225 e. The summed E-state index contributed by atoms with van der Waals surface area (Å²) in [5.41, 5.74) is 9.00. The van der Waals surface area contributed by atoms with Crippen LogP contribution in [-0.4, -0.2) is 10.9 Å². The zero-order valence-corrected chi connectivity index (χ0v) is 12.8. The number of rotatable bonds is 4. The van der Waals surface area contributed by atoms with Crippen LogP contribution in [0.5, 0.6) is 0 Å². The predicted octanol–water partition coefficient (Wildman–Crippen LogP) is 3.19. The molecule has 0 aliphatic rings. The second-order valence-electron chi connectivity index (χ2n) is 6.39. The molecule has 0 fully saturated rings. The topological polar surface area (TPSA) is 56.0 Å². The number of nitrogens with two attached hydrogens (primary N) is 1. The van der Waals surface area contributed by atoms with Gasteiger partial charge in [-0.15, -0.1) is 0 Å². The summed E-state index contributed by atoms with van der Waals surface area (Å²) < 4.78 is 0. The quantitative estimate of drug-likeness (QED) is 0.936. The van der Waals surface area contributed by atoms with Crippen molar-refractivity contribution in [2.45, 2.75) is 38.5 Å². The number of pyridine rings is 1. The van der Waals surface area contributed by atoms with Crippen LogP contribution in [0, 0.1) is 0 Å². The summed E-state index contributed by atoms with van der Waals surface area (Å²) in [5, 5.41) is 0. The molecule has 1 heterocycles. The zero-order valence-electron chi connectivity index (χ0n) is 12.8. The van der Waals surface area contributed by atoms with Gasteiger partial charge in [0.2, 0.25) is 5.91 Å². The number of nitrogens with zero attached hydrogens (tertiary/aromatic N) is 1. The van der Waals surface area contributed by atoms with Gasteiger partial charge in [0.05, 0.1) is 5.92 Å². The van der Waals surface area contributed by atoms with Crippen molar-refractivity contribution in [3.05, 3.63) is 65.5 Å². The van der Waals surface area contributed by atoms with E-state index in [1.807, 2.05) is 12.1 Å². The maximum atomic E-state index is 11.7. The van der Waals surface area contributed by atoms with Crippen LogP contribution in [0.1, 0.15) is 43.4 Å². The Bertz CT molecular complexity index is 597. The number of benzene rings is 1. The van der Waals surface area contributed by atoms with Crippen LogP contribution in [-0.2, 0) is 16.6 Å². The van der Waals surface area contributed by atoms with Crippen molar-refractivity contribution < 1.29 is 4.79 Å². The molecule has 3 heteroatoms. The van der Waals surface area contributed by atoms with Crippen molar-refractivity contribution in [3.63, 3.8) is 0 Å². The number of aromatic nitrogens is 1. The number of amides is 1. The standard InChI is InChI=1S/C18H22N2O/c1-18(2,3)15-6-4-13(5-7-15)12-16(17(19)21)14-8-10-20-11-9-14/h4-11,16H,12H2,1-3H3,(H2,19,21). The number of carbonyl (C=O) groups is 1. The molecule has 1 atom stereocenters. The molecule has 110 valence electrons. The highest BCUT2D eigenvalue weighted by Gasteiger charge is 2.19. The van der Waals surface area contributed by atoms with E-state index in [1.165, 1.54) is 5.56 Å². The number of carbonyl (C=O) groups excluding carboxylic acids is 1. The molecule has 0 aliphatic heterocycles. The molecule has 0 aliphatic carbocycles. The molecule has 0 saturated heterocycles. The summed E-state index contributed by atoms with van der Waals surface area (Å²) in [4.78, 5) is 15.7. The van der Waals surface area contributed by atoms with E-state index in [9.17, 15) is 4.79 Å². The molecular weight excluding hydrogens is 260 g/mol. The Labute approximate surface area is 126 Å². The lowest BCUT2D eigenvalue weighted by molar-refractivity contribution is -0.119. The van der Waals surface area contributed by atoms with Crippen LogP contribution in [0.2, 0.25) is 0 Å². The minimum atomic E-state index is -0.312. The first kappa shape index (κ1) is 15.2. The van der Waals surface area contributed by atoms with Gasteiger partial charge < -0.3 is 5.73 Å². The molecule has 0 spiro atoms. The molecule has 1 unspecified atom stereocenters. The molecule has 3 nitrogen and oxygen atoms in total. The minimum absolute atomic E-state index is 0.132. The molecule has 1 amide bonds.